The fraction of sp³-hybridized carbons (Fsp3) is 0.167. The van der Waals surface area contributed by atoms with E-state index in [-0.39, 0.29) is 17.5 Å². The molecule has 30 heavy (non-hydrogen) atoms. The van der Waals surface area contributed by atoms with Gasteiger partial charge in [-0.15, -0.1) is 11.3 Å². The van der Waals surface area contributed by atoms with Gasteiger partial charge < -0.3 is 15.4 Å². The Labute approximate surface area is 180 Å². The molecular formula is C24H24N2O3S. The molecule has 0 aliphatic rings. The minimum absolute atomic E-state index is 0.201. The third-order valence-electron chi connectivity index (χ3n) is 4.25. The molecule has 2 N–H and O–H groups in total. The largest absolute Gasteiger partial charge is 0.375 e. The molecule has 2 aromatic carbocycles. The number of thiophene rings is 1. The van der Waals surface area contributed by atoms with Gasteiger partial charge in [0.25, 0.3) is 11.8 Å². The van der Waals surface area contributed by atoms with Crippen molar-refractivity contribution in [1.29, 1.82) is 0 Å². The molecule has 2 amide bonds. The molecule has 3 aromatic rings. The van der Waals surface area contributed by atoms with Gasteiger partial charge in [-0.3, -0.25) is 9.59 Å². The zero-order valence-corrected chi connectivity index (χ0v) is 17.6. The molecule has 0 fully saturated rings. The summed E-state index contributed by atoms with van der Waals surface area (Å²) in [6.07, 6.45) is 1.68. The third-order valence-corrected chi connectivity index (χ3v) is 5.07. The minimum atomic E-state index is -0.354. The molecule has 0 saturated heterocycles. The monoisotopic (exact) mass is 420 g/mol. The molecule has 0 bridgehead atoms. The van der Waals surface area contributed by atoms with E-state index in [4.69, 9.17) is 4.74 Å². The number of hydrogen-bond acceptors (Lipinski definition) is 4. The second kappa shape index (κ2) is 11.1. The van der Waals surface area contributed by atoms with E-state index in [1.807, 2.05) is 66.9 Å². The Balaban J connectivity index is 1.58. The summed E-state index contributed by atoms with van der Waals surface area (Å²) >= 11 is 1.49. The second-order valence-corrected chi connectivity index (χ2v) is 7.67. The number of aryl methyl sites for hydroxylation is 1. The smallest absolute Gasteiger partial charge is 0.267 e. The van der Waals surface area contributed by atoms with Crippen LogP contribution in [-0.4, -0.2) is 25.0 Å². The highest BCUT2D eigenvalue weighted by Crippen LogP contribution is 2.13. The van der Waals surface area contributed by atoms with Crippen LogP contribution in [0.15, 0.2) is 77.8 Å². The first-order chi connectivity index (χ1) is 14.6. The van der Waals surface area contributed by atoms with E-state index < -0.39 is 0 Å². The van der Waals surface area contributed by atoms with Crippen LogP contribution in [0.1, 0.15) is 26.4 Å². The first-order valence-corrected chi connectivity index (χ1v) is 10.5. The number of carbonyl (C=O) groups excluding carboxylic acids is 2. The molecule has 1 heterocycles. The highest BCUT2D eigenvalue weighted by atomic mass is 32.1. The topological polar surface area (TPSA) is 67.4 Å². The lowest BCUT2D eigenvalue weighted by molar-refractivity contribution is -0.118. The van der Waals surface area contributed by atoms with Gasteiger partial charge in [-0.1, -0.05) is 54.1 Å². The SMILES string of the molecule is Cc1cccc(C(=O)N/C(=C\c2cccs2)C(=O)NCCOCc2ccccc2)c1. The maximum atomic E-state index is 12.7. The molecule has 154 valence electrons. The van der Waals surface area contributed by atoms with Gasteiger partial charge in [-0.25, -0.2) is 0 Å². The lowest BCUT2D eigenvalue weighted by Crippen LogP contribution is -2.36. The average molecular weight is 421 g/mol. The van der Waals surface area contributed by atoms with Gasteiger partial charge >= 0.3 is 0 Å². The van der Waals surface area contributed by atoms with E-state index in [0.717, 1.165) is 16.0 Å². The Hall–Kier alpha value is -3.22. The molecular weight excluding hydrogens is 396 g/mol. The van der Waals surface area contributed by atoms with Crippen LogP contribution < -0.4 is 10.6 Å². The summed E-state index contributed by atoms with van der Waals surface area (Å²) in [6, 6.07) is 20.9. The number of hydrogen-bond donors (Lipinski definition) is 2. The third kappa shape index (κ3) is 6.69. The van der Waals surface area contributed by atoms with Crippen molar-refractivity contribution in [2.75, 3.05) is 13.2 Å². The fourth-order valence-corrected chi connectivity index (χ4v) is 3.41. The summed E-state index contributed by atoms with van der Waals surface area (Å²) in [5.41, 5.74) is 2.76. The van der Waals surface area contributed by atoms with Crippen LogP contribution in [0.4, 0.5) is 0 Å². The maximum absolute atomic E-state index is 12.7. The quantitative estimate of drug-likeness (QED) is 0.403. The van der Waals surface area contributed by atoms with Crippen LogP contribution in [0.2, 0.25) is 0 Å². The van der Waals surface area contributed by atoms with E-state index in [9.17, 15) is 9.59 Å². The first kappa shape index (κ1) is 21.5. The van der Waals surface area contributed by atoms with E-state index >= 15 is 0 Å². The Morgan fingerprint density at radius 2 is 1.87 bits per heavy atom. The molecule has 0 spiro atoms. The van der Waals surface area contributed by atoms with Gasteiger partial charge in [0, 0.05) is 17.0 Å². The second-order valence-electron chi connectivity index (χ2n) is 6.69. The number of ether oxygens (including phenoxy) is 1. The van der Waals surface area contributed by atoms with Gasteiger partial charge in [-0.05, 0) is 42.1 Å². The molecule has 1 aromatic heterocycles. The number of carbonyl (C=O) groups is 2. The predicted octanol–water partition coefficient (Wildman–Crippen LogP) is 4.16. The summed E-state index contributed by atoms with van der Waals surface area (Å²) in [6.45, 7) is 3.12. The van der Waals surface area contributed by atoms with Crippen molar-refractivity contribution in [3.05, 3.63) is 99.4 Å². The molecule has 0 saturated carbocycles. The molecule has 0 aliphatic heterocycles. The number of benzene rings is 2. The van der Waals surface area contributed by atoms with E-state index in [1.165, 1.54) is 11.3 Å². The summed E-state index contributed by atoms with van der Waals surface area (Å²) < 4.78 is 5.60. The van der Waals surface area contributed by atoms with Crippen molar-refractivity contribution in [2.24, 2.45) is 0 Å². The van der Waals surface area contributed by atoms with Crippen molar-refractivity contribution >= 4 is 29.2 Å². The zero-order chi connectivity index (χ0) is 21.2. The number of rotatable bonds is 9. The molecule has 0 atom stereocenters. The normalized spacial score (nSPS) is 11.2. The van der Waals surface area contributed by atoms with E-state index in [2.05, 4.69) is 10.6 Å². The van der Waals surface area contributed by atoms with Crippen LogP contribution in [0.25, 0.3) is 6.08 Å². The Morgan fingerprint density at radius 3 is 2.60 bits per heavy atom. The molecule has 6 heteroatoms. The van der Waals surface area contributed by atoms with Crippen LogP contribution in [0.3, 0.4) is 0 Å². The van der Waals surface area contributed by atoms with Crippen molar-refractivity contribution < 1.29 is 14.3 Å². The van der Waals surface area contributed by atoms with Crippen LogP contribution in [0, 0.1) is 6.92 Å². The summed E-state index contributed by atoms with van der Waals surface area (Å²) in [4.78, 5) is 26.2. The van der Waals surface area contributed by atoms with E-state index in [0.29, 0.717) is 25.3 Å². The van der Waals surface area contributed by atoms with Gasteiger partial charge in [0.15, 0.2) is 0 Å². The highest BCUT2D eigenvalue weighted by Gasteiger charge is 2.15. The lowest BCUT2D eigenvalue weighted by Gasteiger charge is -2.11. The molecule has 5 nitrogen and oxygen atoms in total. The van der Waals surface area contributed by atoms with E-state index in [1.54, 1.807) is 18.2 Å². The molecule has 0 aliphatic carbocycles. The average Bonchev–Trinajstić information content (AvgIpc) is 3.27. The van der Waals surface area contributed by atoms with Gasteiger partial charge in [0.2, 0.25) is 0 Å². The number of amides is 2. The maximum Gasteiger partial charge on any atom is 0.267 e. The molecule has 0 unspecified atom stereocenters. The Morgan fingerprint density at radius 1 is 1.03 bits per heavy atom. The van der Waals surface area contributed by atoms with Crippen molar-refractivity contribution in [3.63, 3.8) is 0 Å². The Bertz CT molecular complexity index is 998. The summed E-state index contributed by atoms with van der Waals surface area (Å²) in [5, 5.41) is 7.47. The van der Waals surface area contributed by atoms with Crippen molar-refractivity contribution in [3.8, 4) is 0 Å². The highest BCUT2D eigenvalue weighted by molar-refractivity contribution is 7.10. The lowest BCUT2D eigenvalue weighted by atomic mass is 10.1. The first-order valence-electron chi connectivity index (χ1n) is 9.65. The van der Waals surface area contributed by atoms with Crippen LogP contribution in [0.5, 0.6) is 0 Å². The molecule has 3 rings (SSSR count). The predicted molar refractivity (Wildman–Crippen MR) is 120 cm³/mol. The molecule has 0 radical (unpaired) electrons. The standard InChI is InChI=1S/C24H24N2O3S/c1-18-7-5-10-20(15-18)23(27)26-22(16-21-11-6-14-30-21)24(28)25-12-13-29-17-19-8-3-2-4-9-19/h2-11,14-16H,12-13,17H2,1H3,(H,25,28)(H,26,27)/b22-16-. The van der Waals surface area contributed by atoms with Crippen molar-refractivity contribution in [2.45, 2.75) is 13.5 Å². The van der Waals surface area contributed by atoms with Gasteiger partial charge in [0.1, 0.15) is 5.70 Å². The number of nitrogens with one attached hydrogen (secondary N) is 2. The van der Waals surface area contributed by atoms with Crippen LogP contribution >= 0.6 is 11.3 Å². The van der Waals surface area contributed by atoms with Gasteiger partial charge in [-0.2, -0.15) is 0 Å². The Kier molecular flexibility index (Phi) is 7.94. The fourth-order valence-electron chi connectivity index (χ4n) is 2.75. The zero-order valence-electron chi connectivity index (χ0n) is 16.8. The van der Waals surface area contributed by atoms with Crippen LogP contribution in [-0.2, 0) is 16.1 Å². The minimum Gasteiger partial charge on any atom is -0.375 e. The van der Waals surface area contributed by atoms with Gasteiger partial charge in [0.05, 0.1) is 13.2 Å². The summed E-state index contributed by atoms with van der Waals surface area (Å²) in [7, 11) is 0. The summed E-state index contributed by atoms with van der Waals surface area (Å²) in [5.74, 6) is -0.676. The van der Waals surface area contributed by atoms with Crippen molar-refractivity contribution in [1.82, 2.24) is 10.6 Å².